The van der Waals surface area contributed by atoms with Gasteiger partial charge in [-0.3, -0.25) is 0 Å². The maximum atomic E-state index is 8.61. The first-order valence-corrected chi connectivity index (χ1v) is 6.36. The van der Waals surface area contributed by atoms with Gasteiger partial charge in [0, 0.05) is 13.1 Å². The number of ether oxygens (including phenoxy) is 1. The fourth-order valence-electron chi connectivity index (χ4n) is 2.39. The summed E-state index contributed by atoms with van der Waals surface area (Å²) in [6, 6.07) is 10.7. The summed E-state index contributed by atoms with van der Waals surface area (Å²) in [6.45, 7) is 4.56. The smallest absolute Gasteiger partial charge is 0.0698 e. The van der Waals surface area contributed by atoms with Gasteiger partial charge in [-0.2, -0.15) is 0 Å². The Hall–Kier alpha value is -0.900. The van der Waals surface area contributed by atoms with Crippen LogP contribution in [0.5, 0.6) is 0 Å². The van der Waals surface area contributed by atoms with Crippen molar-refractivity contribution in [1.82, 2.24) is 4.90 Å². The largest absolute Gasteiger partial charge is 0.394 e. The van der Waals surface area contributed by atoms with Gasteiger partial charge in [-0.25, -0.2) is 0 Å². The van der Waals surface area contributed by atoms with Crippen molar-refractivity contribution in [3.05, 3.63) is 35.9 Å². The summed E-state index contributed by atoms with van der Waals surface area (Å²) in [5.74, 6) is 0.675. The zero-order valence-corrected chi connectivity index (χ0v) is 10.2. The van der Waals surface area contributed by atoms with E-state index in [9.17, 15) is 0 Å². The van der Waals surface area contributed by atoms with Crippen molar-refractivity contribution in [3.63, 3.8) is 0 Å². The monoisotopic (exact) mass is 235 g/mol. The molecule has 94 valence electrons. The van der Waals surface area contributed by atoms with E-state index >= 15 is 0 Å². The van der Waals surface area contributed by atoms with Gasteiger partial charge in [-0.1, -0.05) is 30.3 Å². The van der Waals surface area contributed by atoms with Crippen LogP contribution < -0.4 is 0 Å². The molecule has 1 atom stereocenters. The molecule has 0 aromatic heterocycles. The second kappa shape index (κ2) is 6.74. The highest BCUT2D eigenvalue weighted by Crippen LogP contribution is 2.26. The Morgan fingerprint density at radius 2 is 2.06 bits per heavy atom. The van der Waals surface area contributed by atoms with Crippen LogP contribution in [0.15, 0.2) is 30.3 Å². The minimum absolute atomic E-state index is 0.118. The van der Waals surface area contributed by atoms with Crippen molar-refractivity contribution >= 4 is 0 Å². The first-order valence-electron chi connectivity index (χ1n) is 6.36. The highest BCUT2D eigenvalue weighted by molar-refractivity contribution is 5.20. The number of nitrogens with zero attached hydrogens (tertiary/aromatic N) is 1. The first kappa shape index (κ1) is 12.6. The Morgan fingerprint density at radius 1 is 1.24 bits per heavy atom. The molecule has 17 heavy (non-hydrogen) atoms. The van der Waals surface area contributed by atoms with Gasteiger partial charge in [0.2, 0.25) is 0 Å². The third-order valence-corrected chi connectivity index (χ3v) is 3.33. The maximum absolute atomic E-state index is 8.61. The maximum Gasteiger partial charge on any atom is 0.0698 e. The highest BCUT2D eigenvalue weighted by atomic mass is 16.5. The normalized spacial score (nSPS) is 20.9. The summed E-state index contributed by atoms with van der Waals surface area (Å²) < 4.78 is 5.29. The molecule has 0 amide bonds. The Morgan fingerprint density at radius 3 is 2.82 bits per heavy atom. The van der Waals surface area contributed by atoms with Gasteiger partial charge in [0.05, 0.1) is 19.8 Å². The SMILES string of the molecule is OCCOCCN1CCC(c2ccccc2)C1. The average Bonchev–Trinajstić information content (AvgIpc) is 2.85. The molecule has 3 nitrogen and oxygen atoms in total. The molecule has 0 radical (unpaired) electrons. The number of likely N-dealkylation sites (tertiary alicyclic amines) is 1. The van der Waals surface area contributed by atoms with Gasteiger partial charge in [-0.05, 0) is 24.4 Å². The molecule has 0 bridgehead atoms. The summed E-state index contributed by atoms with van der Waals surface area (Å²) >= 11 is 0. The minimum Gasteiger partial charge on any atom is -0.394 e. The molecule has 0 saturated carbocycles. The Kier molecular flexibility index (Phi) is 4.98. The quantitative estimate of drug-likeness (QED) is 0.758. The lowest BCUT2D eigenvalue weighted by Crippen LogP contribution is -2.25. The molecular formula is C14H21NO2. The molecule has 0 spiro atoms. The van der Waals surface area contributed by atoms with Crippen LogP contribution in [0.4, 0.5) is 0 Å². The van der Waals surface area contributed by atoms with Crippen LogP contribution in [-0.2, 0) is 4.74 Å². The van der Waals surface area contributed by atoms with Gasteiger partial charge >= 0.3 is 0 Å². The number of hydrogen-bond donors (Lipinski definition) is 1. The Labute approximate surface area is 103 Å². The number of rotatable bonds is 6. The van der Waals surface area contributed by atoms with E-state index in [-0.39, 0.29) is 6.61 Å². The topological polar surface area (TPSA) is 32.7 Å². The zero-order chi connectivity index (χ0) is 11.9. The van der Waals surface area contributed by atoms with Gasteiger partial charge in [0.1, 0.15) is 0 Å². The molecule has 1 aliphatic heterocycles. The van der Waals surface area contributed by atoms with Crippen LogP contribution >= 0.6 is 0 Å². The molecule has 1 aliphatic rings. The van der Waals surface area contributed by atoms with Crippen molar-refractivity contribution in [3.8, 4) is 0 Å². The standard InChI is InChI=1S/C14H21NO2/c16-9-11-17-10-8-15-7-6-14(12-15)13-4-2-1-3-5-13/h1-5,14,16H,6-12H2. The molecule has 1 saturated heterocycles. The number of benzene rings is 1. The number of aliphatic hydroxyl groups is 1. The molecule has 1 aromatic rings. The van der Waals surface area contributed by atoms with Crippen molar-refractivity contribution in [2.75, 3.05) is 39.5 Å². The summed E-state index contributed by atoms with van der Waals surface area (Å²) in [7, 11) is 0. The van der Waals surface area contributed by atoms with Crippen LogP contribution in [0.1, 0.15) is 17.9 Å². The average molecular weight is 235 g/mol. The molecule has 1 unspecified atom stereocenters. The van der Waals surface area contributed by atoms with E-state index in [4.69, 9.17) is 9.84 Å². The van der Waals surface area contributed by atoms with Crippen molar-refractivity contribution in [2.24, 2.45) is 0 Å². The van der Waals surface area contributed by atoms with Crippen molar-refractivity contribution in [2.45, 2.75) is 12.3 Å². The third kappa shape index (κ3) is 3.80. The second-order valence-corrected chi connectivity index (χ2v) is 4.53. The van der Waals surface area contributed by atoms with E-state index < -0.39 is 0 Å². The van der Waals surface area contributed by atoms with Crippen LogP contribution in [0.3, 0.4) is 0 Å². The Balaban J connectivity index is 1.72. The molecule has 1 aromatic carbocycles. The van der Waals surface area contributed by atoms with Crippen molar-refractivity contribution < 1.29 is 9.84 Å². The zero-order valence-electron chi connectivity index (χ0n) is 10.2. The predicted molar refractivity (Wildman–Crippen MR) is 68.1 cm³/mol. The van der Waals surface area contributed by atoms with Gasteiger partial charge in [0.25, 0.3) is 0 Å². The summed E-state index contributed by atoms with van der Waals surface area (Å²) in [4.78, 5) is 2.44. The molecule has 1 fully saturated rings. The fourth-order valence-corrected chi connectivity index (χ4v) is 2.39. The number of hydrogen-bond acceptors (Lipinski definition) is 3. The first-order chi connectivity index (χ1) is 8.40. The lowest BCUT2D eigenvalue weighted by Gasteiger charge is -2.16. The van der Waals surface area contributed by atoms with Crippen LogP contribution in [0.2, 0.25) is 0 Å². The van der Waals surface area contributed by atoms with Gasteiger partial charge in [0.15, 0.2) is 0 Å². The van der Waals surface area contributed by atoms with Gasteiger partial charge in [-0.15, -0.1) is 0 Å². The number of aliphatic hydroxyl groups excluding tert-OH is 1. The van der Waals surface area contributed by atoms with Crippen LogP contribution in [-0.4, -0.2) is 49.5 Å². The molecule has 1 N–H and O–H groups in total. The molecule has 1 heterocycles. The molecule has 3 heteroatoms. The predicted octanol–water partition coefficient (Wildman–Crippen LogP) is 1.48. The fraction of sp³-hybridized carbons (Fsp3) is 0.571. The summed E-state index contributed by atoms with van der Waals surface area (Å²) in [5, 5.41) is 8.61. The lowest BCUT2D eigenvalue weighted by atomic mass is 9.99. The van der Waals surface area contributed by atoms with E-state index in [0.29, 0.717) is 12.5 Å². The molecule has 2 rings (SSSR count). The van der Waals surface area contributed by atoms with E-state index in [2.05, 4.69) is 35.2 Å². The highest BCUT2D eigenvalue weighted by Gasteiger charge is 2.22. The summed E-state index contributed by atoms with van der Waals surface area (Å²) in [5.41, 5.74) is 1.45. The van der Waals surface area contributed by atoms with Crippen molar-refractivity contribution in [1.29, 1.82) is 0 Å². The van der Waals surface area contributed by atoms with E-state index in [1.807, 2.05) is 0 Å². The van der Waals surface area contributed by atoms with E-state index in [1.165, 1.54) is 12.0 Å². The minimum atomic E-state index is 0.118. The second-order valence-electron chi connectivity index (χ2n) is 4.53. The van der Waals surface area contributed by atoms with E-state index in [1.54, 1.807) is 0 Å². The van der Waals surface area contributed by atoms with E-state index in [0.717, 1.165) is 26.2 Å². The summed E-state index contributed by atoms with van der Waals surface area (Å²) in [6.07, 6.45) is 1.24. The van der Waals surface area contributed by atoms with Crippen LogP contribution in [0, 0.1) is 0 Å². The third-order valence-electron chi connectivity index (χ3n) is 3.33. The molecule has 0 aliphatic carbocycles. The van der Waals surface area contributed by atoms with Gasteiger partial charge < -0.3 is 14.7 Å². The molecular weight excluding hydrogens is 214 g/mol. The lowest BCUT2D eigenvalue weighted by molar-refractivity contribution is 0.0779. The Bertz CT molecular complexity index is 315. The van der Waals surface area contributed by atoms with Crippen LogP contribution in [0.25, 0.3) is 0 Å².